The highest BCUT2D eigenvalue weighted by Crippen LogP contribution is 2.13. The summed E-state index contributed by atoms with van der Waals surface area (Å²) >= 11 is 0. The van der Waals surface area contributed by atoms with Crippen LogP contribution in [0.15, 0.2) is 41.9 Å². The van der Waals surface area contributed by atoms with E-state index in [9.17, 15) is 19.2 Å². The minimum absolute atomic E-state index is 0.0455. The third kappa shape index (κ3) is 12.1. The summed E-state index contributed by atoms with van der Waals surface area (Å²) < 4.78 is 0. The van der Waals surface area contributed by atoms with Crippen molar-refractivity contribution in [2.24, 2.45) is 33.8 Å². The van der Waals surface area contributed by atoms with Crippen LogP contribution in [0.4, 0.5) is 0 Å². The Kier molecular flexibility index (Phi) is 14.3. The lowest BCUT2D eigenvalue weighted by Gasteiger charge is -2.24. The van der Waals surface area contributed by atoms with E-state index in [1.54, 1.807) is 24.3 Å². The quantitative estimate of drug-likeness (QED) is 0.0382. The number of rotatable bonds is 18. The molecule has 0 bridgehead atoms. The van der Waals surface area contributed by atoms with E-state index in [4.69, 9.17) is 28.3 Å². The zero-order chi connectivity index (χ0) is 29.4. The zero-order valence-electron chi connectivity index (χ0n) is 22.4. The van der Waals surface area contributed by atoms with Crippen molar-refractivity contribution in [2.45, 2.75) is 57.5 Å². The van der Waals surface area contributed by atoms with Gasteiger partial charge in [-0.3, -0.25) is 29.6 Å². The molecule has 0 aliphatic carbocycles. The molecule has 0 fully saturated rings. The summed E-state index contributed by atoms with van der Waals surface area (Å²) in [4.78, 5) is 55.1. The second-order valence-electron chi connectivity index (χ2n) is 9.02. The predicted octanol–water partition coefficient (Wildman–Crippen LogP) is -0.870. The van der Waals surface area contributed by atoms with Gasteiger partial charge in [0.25, 0.3) is 0 Å². The number of guanidine groups is 1. The number of amides is 4. The molecule has 1 aromatic carbocycles. The number of primary amides is 1. The van der Waals surface area contributed by atoms with Gasteiger partial charge in [0.1, 0.15) is 23.8 Å². The van der Waals surface area contributed by atoms with Crippen LogP contribution in [0.5, 0.6) is 0 Å². The van der Waals surface area contributed by atoms with E-state index in [-0.39, 0.29) is 37.7 Å². The molecule has 1 aromatic rings. The lowest BCUT2D eigenvalue weighted by Crippen LogP contribution is -2.55. The van der Waals surface area contributed by atoms with E-state index in [2.05, 4.69) is 27.5 Å². The molecule has 0 heterocycles. The van der Waals surface area contributed by atoms with Gasteiger partial charge in [-0.25, -0.2) is 0 Å². The Labute approximate surface area is 228 Å². The molecule has 0 aliphatic heterocycles. The van der Waals surface area contributed by atoms with Crippen LogP contribution in [0.25, 0.3) is 0 Å². The summed E-state index contributed by atoms with van der Waals surface area (Å²) in [7, 11) is 0. The Morgan fingerprint density at radius 1 is 0.949 bits per heavy atom. The first-order chi connectivity index (χ1) is 18.5. The number of aliphatic imine (C=N–C) groups is 1. The molecular formula is C26H41N9O4. The van der Waals surface area contributed by atoms with Gasteiger partial charge in [0, 0.05) is 18.7 Å². The molecule has 13 nitrogen and oxygen atoms in total. The smallest absolute Gasteiger partial charge is 0.243 e. The summed E-state index contributed by atoms with van der Waals surface area (Å²) in [5.74, 6) is -3.84. The van der Waals surface area contributed by atoms with E-state index in [1.807, 2.05) is 6.92 Å². The summed E-state index contributed by atoms with van der Waals surface area (Å²) in [6.45, 7) is 5.92. The standard InChI is InChI=1S/C26H41N9O4/c1-3-5-7-20(25(39)34-19(22(29)36)8-6-14-33-26(30)31)35-24(38)18(23(37)32-13-4-2)15-16-9-11-17(12-10-16)21(27)28/h4,9-12,18-20H,2-3,5-8,13-15H2,1H3,(H3,27,28)(H2,29,36)(H,32,37)(H,34,39)(H,35,38)(H4,30,31,33)/t18?,19-,20-/m0/s1. The first-order valence-electron chi connectivity index (χ1n) is 12.8. The van der Waals surface area contributed by atoms with Crippen molar-refractivity contribution in [3.8, 4) is 0 Å². The second-order valence-corrected chi connectivity index (χ2v) is 9.02. The zero-order valence-corrected chi connectivity index (χ0v) is 22.4. The van der Waals surface area contributed by atoms with Crippen LogP contribution in [0.3, 0.4) is 0 Å². The van der Waals surface area contributed by atoms with Crippen molar-refractivity contribution in [1.29, 1.82) is 5.41 Å². The van der Waals surface area contributed by atoms with Crippen molar-refractivity contribution < 1.29 is 19.2 Å². The number of carbonyl (C=O) groups is 4. The SMILES string of the molecule is C=CCNC(=O)C(Cc1ccc(C(=N)N)cc1)C(=O)N[C@@H](CCCC)C(=O)N[C@@H](CCCN=C(N)N)C(N)=O. The monoisotopic (exact) mass is 543 g/mol. The molecule has 0 saturated carbocycles. The Bertz CT molecular complexity index is 1040. The van der Waals surface area contributed by atoms with E-state index in [1.165, 1.54) is 6.08 Å². The van der Waals surface area contributed by atoms with Crippen molar-refractivity contribution in [2.75, 3.05) is 13.1 Å². The molecule has 0 saturated heterocycles. The number of nitrogens with two attached hydrogens (primary N) is 4. The summed E-state index contributed by atoms with van der Waals surface area (Å²) in [6.07, 6.45) is 3.79. The summed E-state index contributed by atoms with van der Waals surface area (Å²) in [6, 6.07) is 4.63. The molecule has 4 amide bonds. The molecule has 0 aromatic heterocycles. The third-order valence-electron chi connectivity index (χ3n) is 5.84. The Balaban J connectivity index is 3.07. The fraction of sp³-hybridized carbons (Fsp3) is 0.462. The number of amidine groups is 1. The average Bonchev–Trinajstić information content (AvgIpc) is 2.89. The maximum atomic E-state index is 13.3. The molecule has 0 radical (unpaired) electrons. The number of hydrogen-bond donors (Lipinski definition) is 8. The van der Waals surface area contributed by atoms with E-state index < -0.39 is 41.6 Å². The van der Waals surface area contributed by atoms with Gasteiger partial charge in [-0.1, -0.05) is 50.1 Å². The molecule has 1 unspecified atom stereocenters. The van der Waals surface area contributed by atoms with E-state index >= 15 is 0 Å². The van der Waals surface area contributed by atoms with Crippen LogP contribution in [-0.2, 0) is 25.6 Å². The van der Waals surface area contributed by atoms with Crippen molar-refractivity contribution >= 4 is 35.4 Å². The van der Waals surface area contributed by atoms with Crippen LogP contribution in [-0.4, -0.2) is 60.6 Å². The Morgan fingerprint density at radius 2 is 1.56 bits per heavy atom. The largest absolute Gasteiger partial charge is 0.384 e. The fourth-order valence-electron chi connectivity index (χ4n) is 3.67. The van der Waals surface area contributed by atoms with Crippen molar-refractivity contribution in [3.05, 3.63) is 48.0 Å². The average molecular weight is 544 g/mol. The highest BCUT2D eigenvalue weighted by Gasteiger charge is 2.31. The fourth-order valence-corrected chi connectivity index (χ4v) is 3.67. The summed E-state index contributed by atoms with van der Waals surface area (Å²) in [5.41, 5.74) is 22.7. The lowest BCUT2D eigenvalue weighted by atomic mass is 9.95. The maximum absolute atomic E-state index is 13.3. The van der Waals surface area contributed by atoms with Gasteiger partial charge >= 0.3 is 0 Å². The van der Waals surface area contributed by atoms with E-state index in [0.717, 1.165) is 6.42 Å². The van der Waals surface area contributed by atoms with Crippen molar-refractivity contribution in [3.63, 3.8) is 0 Å². The number of hydrogen-bond acceptors (Lipinski definition) is 6. The predicted molar refractivity (Wildman–Crippen MR) is 150 cm³/mol. The van der Waals surface area contributed by atoms with Crippen LogP contribution in [0.1, 0.15) is 50.2 Å². The van der Waals surface area contributed by atoms with Gasteiger partial charge in [0.15, 0.2) is 5.96 Å². The van der Waals surface area contributed by atoms with Crippen LogP contribution in [0.2, 0.25) is 0 Å². The number of nitrogen functional groups attached to an aromatic ring is 1. The number of nitrogens with one attached hydrogen (secondary N) is 4. The Hall–Kier alpha value is -4.42. The molecule has 214 valence electrons. The van der Waals surface area contributed by atoms with Crippen molar-refractivity contribution in [1.82, 2.24) is 16.0 Å². The molecule has 13 heteroatoms. The normalized spacial score (nSPS) is 12.7. The molecular weight excluding hydrogens is 502 g/mol. The number of unbranched alkanes of at least 4 members (excludes halogenated alkanes) is 1. The van der Waals surface area contributed by atoms with Crippen LogP contribution >= 0.6 is 0 Å². The second kappa shape index (κ2) is 17.2. The summed E-state index contributed by atoms with van der Waals surface area (Å²) in [5, 5.41) is 15.4. The van der Waals surface area contributed by atoms with Gasteiger partial charge in [0.05, 0.1) is 0 Å². The van der Waals surface area contributed by atoms with Gasteiger partial charge in [0.2, 0.25) is 23.6 Å². The van der Waals surface area contributed by atoms with Gasteiger partial charge in [-0.2, -0.15) is 0 Å². The van der Waals surface area contributed by atoms with Gasteiger partial charge in [-0.05, 0) is 31.2 Å². The number of nitrogens with zero attached hydrogens (tertiary/aromatic N) is 1. The minimum Gasteiger partial charge on any atom is -0.384 e. The van der Waals surface area contributed by atoms with Gasteiger partial charge < -0.3 is 38.9 Å². The van der Waals surface area contributed by atoms with E-state index in [0.29, 0.717) is 30.4 Å². The first-order valence-corrected chi connectivity index (χ1v) is 12.8. The Morgan fingerprint density at radius 3 is 2.10 bits per heavy atom. The number of carbonyl (C=O) groups excluding carboxylic acids is 4. The highest BCUT2D eigenvalue weighted by atomic mass is 16.2. The number of benzene rings is 1. The van der Waals surface area contributed by atoms with Gasteiger partial charge in [-0.15, -0.1) is 6.58 Å². The molecule has 1 rings (SSSR count). The minimum atomic E-state index is -1.16. The molecule has 0 spiro atoms. The topological polar surface area (TPSA) is 245 Å². The first kappa shape index (κ1) is 32.6. The third-order valence-corrected chi connectivity index (χ3v) is 5.84. The lowest BCUT2D eigenvalue weighted by molar-refractivity contribution is -0.138. The molecule has 39 heavy (non-hydrogen) atoms. The maximum Gasteiger partial charge on any atom is 0.243 e. The molecule has 3 atom stereocenters. The van der Waals surface area contributed by atoms with Crippen LogP contribution < -0.4 is 38.9 Å². The highest BCUT2D eigenvalue weighted by molar-refractivity contribution is 6.02. The molecule has 12 N–H and O–H groups in total. The van der Waals surface area contributed by atoms with Crippen LogP contribution in [0, 0.1) is 11.3 Å². The molecule has 0 aliphatic rings.